The van der Waals surface area contributed by atoms with Gasteiger partial charge in [-0.25, -0.2) is 4.98 Å². The highest BCUT2D eigenvalue weighted by molar-refractivity contribution is 9.10. The molecule has 0 aliphatic heterocycles. The topological polar surface area (TPSA) is 24.9 Å². The lowest BCUT2D eigenvalue weighted by Gasteiger charge is -2.04. The second-order valence-electron chi connectivity index (χ2n) is 2.07. The molecule has 0 fully saturated rings. The summed E-state index contributed by atoms with van der Waals surface area (Å²) in [5, 5.41) is 0. The summed E-state index contributed by atoms with van der Waals surface area (Å²) < 4.78 is 4.01. The molecule has 1 N–H and O–H groups in total. The summed E-state index contributed by atoms with van der Waals surface area (Å²) in [6.07, 6.45) is 1.99. The van der Waals surface area contributed by atoms with E-state index in [0.29, 0.717) is 0 Å². The molecule has 1 heterocycles. The van der Waals surface area contributed by atoms with E-state index in [0.717, 1.165) is 16.0 Å². The molecule has 0 spiro atoms. The van der Waals surface area contributed by atoms with E-state index in [2.05, 4.69) is 25.6 Å². The first-order chi connectivity index (χ1) is 5.24. The Hall–Kier alpha value is -0.220. The minimum absolute atomic E-state index is 0.877. The number of anilines is 1. The molecule has 1 aromatic rings. The molecule has 0 saturated heterocycles. The summed E-state index contributed by atoms with van der Waals surface area (Å²) in [4.78, 5) is 4.23. The highest BCUT2D eigenvalue weighted by Crippen LogP contribution is 2.17. The maximum absolute atomic E-state index is 4.23. The van der Waals surface area contributed by atoms with Crippen LogP contribution in [0.5, 0.6) is 0 Å². The molecule has 1 aromatic heterocycles. The molecule has 60 valence electrons. The van der Waals surface area contributed by atoms with Gasteiger partial charge in [-0.05, 0) is 35.0 Å². The Morgan fingerprint density at radius 3 is 2.82 bits per heavy atom. The first kappa shape index (κ1) is 8.87. The summed E-state index contributed by atoms with van der Waals surface area (Å²) in [7, 11) is 0. The zero-order chi connectivity index (χ0) is 8.27. The predicted molar refractivity (Wildman–Crippen MR) is 53.8 cm³/mol. The number of hydrogen-bond donors (Lipinski definition) is 1. The van der Waals surface area contributed by atoms with Crippen molar-refractivity contribution in [3.05, 3.63) is 22.4 Å². The van der Waals surface area contributed by atoms with Gasteiger partial charge in [0.15, 0.2) is 0 Å². The van der Waals surface area contributed by atoms with Crippen LogP contribution < -0.4 is 4.72 Å². The lowest BCUT2D eigenvalue weighted by atomic mass is 10.3. The Bertz CT molecular complexity index is 252. The third-order valence-electron chi connectivity index (χ3n) is 1.26. The zero-order valence-electron chi connectivity index (χ0n) is 6.39. The van der Waals surface area contributed by atoms with Gasteiger partial charge in [-0.15, -0.1) is 0 Å². The fraction of sp³-hybridized carbons (Fsp3) is 0.286. The highest BCUT2D eigenvalue weighted by Gasteiger charge is 1.97. The Morgan fingerprint density at radius 2 is 2.27 bits per heavy atom. The Kier molecular flexibility index (Phi) is 3.20. The summed E-state index contributed by atoms with van der Waals surface area (Å²) in [6.45, 7) is 1.98. The van der Waals surface area contributed by atoms with Crippen LogP contribution in [-0.2, 0) is 0 Å². The second-order valence-corrected chi connectivity index (χ2v) is 3.50. The standard InChI is InChI=1S/C7H9BrN2S/c1-5-6(10-11-2)3-4-7(8)9-5/h3-4,10H,1-2H3. The minimum Gasteiger partial charge on any atom is -0.328 e. The molecular weight excluding hydrogens is 224 g/mol. The van der Waals surface area contributed by atoms with Crippen molar-refractivity contribution in [2.75, 3.05) is 11.0 Å². The van der Waals surface area contributed by atoms with E-state index in [9.17, 15) is 0 Å². The van der Waals surface area contributed by atoms with Crippen molar-refractivity contribution in [2.24, 2.45) is 0 Å². The van der Waals surface area contributed by atoms with Crippen LogP contribution in [0, 0.1) is 6.92 Å². The molecular formula is C7H9BrN2S. The van der Waals surface area contributed by atoms with E-state index in [1.165, 1.54) is 0 Å². The van der Waals surface area contributed by atoms with Gasteiger partial charge in [0.1, 0.15) is 4.60 Å². The number of aromatic nitrogens is 1. The quantitative estimate of drug-likeness (QED) is 0.628. The van der Waals surface area contributed by atoms with Gasteiger partial charge in [0.05, 0.1) is 11.4 Å². The summed E-state index contributed by atoms with van der Waals surface area (Å²) >= 11 is 4.87. The fourth-order valence-corrected chi connectivity index (χ4v) is 1.58. The van der Waals surface area contributed by atoms with Gasteiger partial charge < -0.3 is 4.72 Å². The van der Waals surface area contributed by atoms with E-state index in [1.54, 1.807) is 11.9 Å². The molecule has 0 amide bonds. The monoisotopic (exact) mass is 232 g/mol. The summed E-state index contributed by atoms with van der Waals surface area (Å²) in [5.74, 6) is 0. The number of nitrogens with one attached hydrogen (secondary N) is 1. The van der Waals surface area contributed by atoms with Crippen LogP contribution in [0.3, 0.4) is 0 Å². The third kappa shape index (κ3) is 2.38. The van der Waals surface area contributed by atoms with Crippen molar-refractivity contribution in [2.45, 2.75) is 6.92 Å². The van der Waals surface area contributed by atoms with E-state index in [1.807, 2.05) is 25.3 Å². The normalized spacial score (nSPS) is 9.73. The van der Waals surface area contributed by atoms with Gasteiger partial charge in [0, 0.05) is 6.26 Å². The Balaban J connectivity index is 2.90. The number of halogens is 1. The number of hydrogen-bond acceptors (Lipinski definition) is 3. The first-order valence-corrected chi connectivity index (χ1v) is 5.18. The first-order valence-electron chi connectivity index (χ1n) is 3.16. The second kappa shape index (κ2) is 3.97. The van der Waals surface area contributed by atoms with Crippen molar-refractivity contribution in [3.63, 3.8) is 0 Å². The maximum atomic E-state index is 4.23. The number of pyridine rings is 1. The summed E-state index contributed by atoms with van der Waals surface area (Å²) in [6, 6.07) is 3.93. The molecule has 2 nitrogen and oxygen atoms in total. The molecule has 1 rings (SSSR count). The molecule has 0 bridgehead atoms. The smallest absolute Gasteiger partial charge is 0.106 e. The van der Waals surface area contributed by atoms with E-state index in [-0.39, 0.29) is 0 Å². The van der Waals surface area contributed by atoms with E-state index >= 15 is 0 Å². The molecule has 0 saturated carbocycles. The summed E-state index contributed by atoms with van der Waals surface area (Å²) in [5.41, 5.74) is 2.08. The molecule has 4 heteroatoms. The zero-order valence-corrected chi connectivity index (χ0v) is 8.79. The highest BCUT2D eigenvalue weighted by atomic mass is 79.9. The van der Waals surface area contributed by atoms with Crippen LogP contribution in [0.25, 0.3) is 0 Å². The minimum atomic E-state index is 0.877. The average molecular weight is 233 g/mol. The average Bonchev–Trinajstić information content (AvgIpc) is 1.95. The lowest BCUT2D eigenvalue weighted by molar-refractivity contribution is 1.17. The predicted octanol–water partition coefficient (Wildman–Crippen LogP) is 2.84. The largest absolute Gasteiger partial charge is 0.328 e. The molecule has 0 aliphatic rings. The van der Waals surface area contributed by atoms with Gasteiger partial charge in [-0.2, -0.15) is 0 Å². The van der Waals surface area contributed by atoms with Gasteiger partial charge in [-0.1, -0.05) is 11.9 Å². The maximum Gasteiger partial charge on any atom is 0.106 e. The number of aryl methyl sites for hydroxylation is 1. The van der Waals surface area contributed by atoms with Gasteiger partial charge >= 0.3 is 0 Å². The van der Waals surface area contributed by atoms with Gasteiger partial charge in [-0.3, -0.25) is 0 Å². The van der Waals surface area contributed by atoms with Crippen molar-refractivity contribution in [1.29, 1.82) is 0 Å². The molecule has 0 aromatic carbocycles. The molecule has 0 unspecified atom stereocenters. The van der Waals surface area contributed by atoms with Crippen molar-refractivity contribution < 1.29 is 0 Å². The molecule has 0 radical (unpaired) electrons. The van der Waals surface area contributed by atoms with E-state index < -0.39 is 0 Å². The van der Waals surface area contributed by atoms with Gasteiger partial charge in [0.2, 0.25) is 0 Å². The number of nitrogens with zero attached hydrogens (tertiary/aromatic N) is 1. The Morgan fingerprint density at radius 1 is 1.55 bits per heavy atom. The van der Waals surface area contributed by atoms with Crippen molar-refractivity contribution >= 4 is 33.6 Å². The van der Waals surface area contributed by atoms with Crippen LogP contribution in [0.4, 0.5) is 5.69 Å². The van der Waals surface area contributed by atoms with Crippen LogP contribution >= 0.6 is 27.9 Å². The SMILES string of the molecule is CSNc1ccc(Br)nc1C. The van der Waals surface area contributed by atoms with Crippen molar-refractivity contribution in [1.82, 2.24) is 4.98 Å². The van der Waals surface area contributed by atoms with Crippen LogP contribution in [0.1, 0.15) is 5.69 Å². The van der Waals surface area contributed by atoms with Crippen LogP contribution in [-0.4, -0.2) is 11.2 Å². The van der Waals surface area contributed by atoms with Crippen molar-refractivity contribution in [3.8, 4) is 0 Å². The van der Waals surface area contributed by atoms with E-state index in [4.69, 9.17) is 0 Å². The fourth-order valence-electron chi connectivity index (χ4n) is 0.748. The molecule has 11 heavy (non-hydrogen) atoms. The van der Waals surface area contributed by atoms with Gasteiger partial charge in [0.25, 0.3) is 0 Å². The molecule has 0 aliphatic carbocycles. The van der Waals surface area contributed by atoms with Crippen LogP contribution in [0.15, 0.2) is 16.7 Å². The Labute approximate surface area is 79.1 Å². The number of rotatable bonds is 2. The van der Waals surface area contributed by atoms with Crippen LogP contribution in [0.2, 0.25) is 0 Å². The third-order valence-corrected chi connectivity index (χ3v) is 2.13. The lowest BCUT2D eigenvalue weighted by Crippen LogP contribution is -1.91. The molecule has 0 atom stereocenters.